The smallest absolute Gasteiger partial charge is 0.280 e. The highest BCUT2D eigenvalue weighted by Gasteiger charge is 2.21. The standard InChI is InChI=1S/C12H19ClN2O3S/c1-9(2)12-14-11(19(13,16)17)8-15(12)6-5-10-4-3-7-18-10/h8-10H,3-7H2,1-2H3. The van der Waals surface area contributed by atoms with Gasteiger partial charge in [0.2, 0.25) is 0 Å². The normalized spacial score (nSPS) is 20.3. The van der Waals surface area contributed by atoms with Crippen molar-refractivity contribution < 1.29 is 13.2 Å². The lowest BCUT2D eigenvalue weighted by Crippen LogP contribution is -2.12. The number of nitrogens with zero attached hydrogens (tertiary/aromatic N) is 2. The molecule has 0 spiro atoms. The number of ether oxygens (including phenoxy) is 1. The Morgan fingerprint density at radius 3 is 2.84 bits per heavy atom. The average molecular weight is 307 g/mol. The minimum Gasteiger partial charge on any atom is -0.378 e. The second-order valence-corrected chi connectivity index (χ2v) is 7.66. The Kier molecular flexibility index (Phi) is 4.53. The molecule has 1 unspecified atom stereocenters. The number of hydrogen-bond acceptors (Lipinski definition) is 4. The summed E-state index contributed by atoms with van der Waals surface area (Å²) in [6.45, 7) is 5.50. The van der Waals surface area contributed by atoms with Crippen molar-refractivity contribution in [2.45, 2.75) is 56.7 Å². The maximum Gasteiger partial charge on any atom is 0.280 e. The largest absolute Gasteiger partial charge is 0.378 e. The first-order valence-electron chi connectivity index (χ1n) is 6.51. The van der Waals surface area contributed by atoms with Crippen molar-refractivity contribution in [2.75, 3.05) is 6.61 Å². The number of halogens is 1. The van der Waals surface area contributed by atoms with E-state index >= 15 is 0 Å². The van der Waals surface area contributed by atoms with Crippen LogP contribution in [0.15, 0.2) is 11.2 Å². The van der Waals surface area contributed by atoms with Crippen molar-refractivity contribution in [3.8, 4) is 0 Å². The van der Waals surface area contributed by atoms with Crippen LogP contribution in [0.4, 0.5) is 0 Å². The minimum atomic E-state index is -3.77. The van der Waals surface area contributed by atoms with Crippen LogP contribution in [0.1, 0.15) is 44.9 Å². The first-order chi connectivity index (χ1) is 8.88. The summed E-state index contributed by atoms with van der Waals surface area (Å²) in [6.07, 6.45) is 4.85. The number of imidazole rings is 1. The second-order valence-electron chi connectivity index (χ2n) is 5.15. The number of rotatable bonds is 5. The highest BCUT2D eigenvalue weighted by atomic mass is 35.7. The molecule has 1 atom stereocenters. The van der Waals surface area contributed by atoms with Gasteiger partial charge in [-0.15, -0.1) is 0 Å². The van der Waals surface area contributed by atoms with Crippen LogP contribution in [-0.4, -0.2) is 30.7 Å². The molecule has 1 aromatic rings. The molecule has 1 aliphatic rings. The molecule has 0 aromatic carbocycles. The van der Waals surface area contributed by atoms with E-state index in [0.717, 1.165) is 31.7 Å². The van der Waals surface area contributed by atoms with Gasteiger partial charge in [0.05, 0.1) is 6.10 Å². The molecule has 0 amide bonds. The van der Waals surface area contributed by atoms with Gasteiger partial charge in [-0.2, -0.15) is 0 Å². The Bertz CT molecular complexity index is 533. The van der Waals surface area contributed by atoms with Gasteiger partial charge >= 0.3 is 0 Å². The van der Waals surface area contributed by atoms with Gasteiger partial charge in [0.25, 0.3) is 9.05 Å². The van der Waals surface area contributed by atoms with Crippen molar-refractivity contribution in [3.63, 3.8) is 0 Å². The lowest BCUT2D eigenvalue weighted by Gasteiger charge is -2.13. The molecule has 0 N–H and O–H groups in total. The van der Waals surface area contributed by atoms with E-state index in [1.807, 2.05) is 18.4 Å². The van der Waals surface area contributed by atoms with E-state index in [0.29, 0.717) is 6.54 Å². The molecule has 0 radical (unpaired) electrons. The molecule has 1 aliphatic heterocycles. The van der Waals surface area contributed by atoms with Crippen molar-refractivity contribution >= 4 is 19.7 Å². The Morgan fingerprint density at radius 2 is 2.32 bits per heavy atom. The van der Waals surface area contributed by atoms with E-state index in [-0.39, 0.29) is 17.0 Å². The summed E-state index contributed by atoms with van der Waals surface area (Å²) in [5.41, 5.74) is 0. The van der Waals surface area contributed by atoms with Crippen LogP contribution in [0.3, 0.4) is 0 Å². The third kappa shape index (κ3) is 3.70. The Labute approximate surface area is 118 Å². The highest BCUT2D eigenvalue weighted by molar-refractivity contribution is 8.13. The van der Waals surface area contributed by atoms with Gasteiger partial charge in [0.1, 0.15) is 5.82 Å². The molecule has 7 heteroatoms. The quantitative estimate of drug-likeness (QED) is 0.784. The molecule has 0 bridgehead atoms. The number of hydrogen-bond donors (Lipinski definition) is 0. The van der Waals surface area contributed by atoms with Crippen LogP contribution in [-0.2, 0) is 20.3 Å². The molecule has 19 heavy (non-hydrogen) atoms. The molecular weight excluding hydrogens is 288 g/mol. The van der Waals surface area contributed by atoms with Gasteiger partial charge in [-0.1, -0.05) is 13.8 Å². The predicted molar refractivity (Wildman–Crippen MR) is 72.9 cm³/mol. The maximum absolute atomic E-state index is 11.3. The van der Waals surface area contributed by atoms with Crippen molar-refractivity contribution in [1.29, 1.82) is 0 Å². The Balaban J connectivity index is 2.15. The molecule has 5 nitrogen and oxygen atoms in total. The fourth-order valence-corrected chi connectivity index (χ4v) is 3.00. The summed E-state index contributed by atoms with van der Waals surface area (Å²) in [5, 5.41) is -0.0646. The molecule has 2 heterocycles. The fraction of sp³-hybridized carbons (Fsp3) is 0.750. The van der Waals surface area contributed by atoms with Crippen LogP contribution < -0.4 is 0 Å². The Hall–Kier alpha value is -0.590. The summed E-state index contributed by atoms with van der Waals surface area (Å²) in [6, 6.07) is 0. The molecule has 1 fully saturated rings. The summed E-state index contributed by atoms with van der Waals surface area (Å²) in [7, 11) is 1.58. The van der Waals surface area contributed by atoms with Crippen LogP contribution >= 0.6 is 10.7 Å². The van der Waals surface area contributed by atoms with Crippen LogP contribution in [0.5, 0.6) is 0 Å². The van der Waals surface area contributed by atoms with Crippen molar-refractivity contribution in [1.82, 2.24) is 9.55 Å². The van der Waals surface area contributed by atoms with Gasteiger partial charge in [0, 0.05) is 35.9 Å². The van der Waals surface area contributed by atoms with E-state index in [4.69, 9.17) is 15.4 Å². The molecule has 1 saturated heterocycles. The van der Waals surface area contributed by atoms with Crippen LogP contribution in [0.25, 0.3) is 0 Å². The zero-order valence-corrected chi connectivity index (χ0v) is 12.7. The average Bonchev–Trinajstić information content (AvgIpc) is 2.94. The zero-order valence-electron chi connectivity index (χ0n) is 11.2. The third-order valence-corrected chi connectivity index (χ3v) is 4.44. The molecule has 0 aliphatic carbocycles. The topological polar surface area (TPSA) is 61.2 Å². The molecule has 1 aromatic heterocycles. The summed E-state index contributed by atoms with van der Waals surface area (Å²) >= 11 is 0. The highest BCUT2D eigenvalue weighted by Crippen LogP contribution is 2.22. The van der Waals surface area contributed by atoms with E-state index in [1.54, 1.807) is 0 Å². The zero-order chi connectivity index (χ0) is 14.0. The second kappa shape index (κ2) is 5.81. The number of aromatic nitrogens is 2. The van der Waals surface area contributed by atoms with Gasteiger partial charge in [-0.25, -0.2) is 13.4 Å². The minimum absolute atomic E-state index is 0.0646. The van der Waals surface area contributed by atoms with E-state index in [9.17, 15) is 8.42 Å². The summed E-state index contributed by atoms with van der Waals surface area (Å²) in [5.74, 6) is 0.897. The first kappa shape index (κ1) is 14.8. The first-order valence-corrected chi connectivity index (χ1v) is 8.82. The lowest BCUT2D eigenvalue weighted by atomic mass is 10.1. The summed E-state index contributed by atoms with van der Waals surface area (Å²) in [4.78, 5) is 4.13. The van der Waals surface area contributed by atoms with Gasteiger partial charge < -0.3 is 9.30 Å². The van der Waals surface area contributed by atoms with E-state index < -0.39 is 9.05 Å². The van der Waals surface area contributed by atoms with E-state index in [2.05, 4.69) is 4.98 Å². The summed E-state index contributed by atoms with van der Waals surface area (Å²) < 4.78 is 30.1. The van der Waals surface area contributed by atoms with Crippen LogP contribution in [0, 0.1) is 0 Å². The molecule has 0 saturated carbocycles. The van der Waals surface area contributed by atoms with Crippen molar-refractivity contribution in [2.24, 2.45) is 0 Å². The van der Waals surface area contributed by atoms with Crippen LogP contribution in [0.2, 0.25) is 0 Å². The lowest BCUT2D eigenvalue weighted by molar-refractivity contribution is 0.100. The molecule has 108 valence electrons. The van der Waals surface area contributed by atoms with Gasteiger partial charge in [-0.05, 0) is 19.3 Å². The molecular formula is C12H19ClN2O3S. The SMILES string of the molecule is CC(C)c1nc(S(=O)(=O)Cl)cn1CCC1CCCO1. The van der Waals surface area contributed by atoms with Crippen molar-refractivity contribution in [3.05, 3.63) is 12.0 Å². The van der Waals surface area contributed by atoms with E-state index in [1.165, 1.54) is 6.20 Å². The van der Waals surface area contributed by atoms with Gasteiger partial charge in [0.15, 0.2) is 5.03 Å². The Morgan fingerprint density at radius 1 is 1.58 bits per heavy atom. The fourth-order valence-electron chi connectivity index (χ4n) is 2.32. The molecule has 2 rings (SSSR count). The maximum atomic E-state index is 11.3. The van der Waals surface area contributed by atoms with Gasteiger partial charge in [-0.3, -0.25) is 0 Å². The predicted octanol–water partition coefficient (Wildman–Crippen LogP) is 2.50. The monoisotopic (exact) mass is 306 g/mol. The number of aryl methyl sites for hydroxylation is 1. The third-order valence-electron chi connectivity index (χ3n) is 3.27.